The van der Waals surface area contributed by atoms with Crippen molar-refractivity contribution in [1.29, 1.82) is 0 Å². The number of hydrogen-bond acceptors (Lipinski definition) is 2. The van der Waals surface area contributed by atoms with Crippen LogP contribution in [0, 0.1) is 17.5 Å². The lowest BCUT2D eigenvalue weighted by molar-refractivity contribution is 0.315. The van der Waals surface area contributed by atoms with E-state index < -0.39 is 17.7 Å². The molecule has 0 radical (unpaired) electrons. The molecule has 0 saturated carbocycles. The van der Waals surface area contributed by atoms with Crippen molar-refractivity contribution in [2.24, 2.45) is 4.99 Å². The molecule has 2 nitrogen and oxygen atoms in total. The molecule has 1 heterocycles. The molecular formula is C24H28F3NO. The highest BCUT2D eigenvalue weighted by Gasteiger charge is 2.27. The van der Waals surface area contributed by atoms with E-state index in [1.54, 1.807) is 12.1 Å². The molecule has 156 valence electrons. The molecular weight excluding hydrogens is 375 g/mol. The van der Waals surface area contributed by atoms with Crippen LogP contribution in [0.15, 0.2) is 41.4 Å². The Morgan fingerprint density at radius 1 is 0.897 bits per heavy atom. The highest BCUT2D eigenvalue weighted by molar-refractivity contribution is 5.95. The van der Waals surface area contributed by atoms with Gasteiger partial charge in [0.15, 0.2) is 0 Å². The van der Waals surface area contributed by atoms with Crippen LogP contribution in [-0.2, 0) is 11.2 Å². The molecule has 1 aliphatic rings. The van der Waals surface area contributed by atoms with Gasteiger partial charge in [-0.15, -0.1) is 0 Å². The first-order valence-corrected chi connectivity index (χ1v) is 10.5. The Balaban J connectivity index is 1.59. The summed E-state index contributed by atoms with van der Waals surface area (Å²) >= 11 is 0. The number of aliphatic imine (C=N–C) groups is 1. The molecule has 2 aromatic rings. The zero-order valence-electron chi connectivity index (χ0n) is 16.9. The number of benzene rings is 2. The molecule has 1 aliphatic heterocycles. The van der Waals surface area contributed by atoms with Gasteiger partial charge in [-0.1, -0.05) is 63.6 Å². The molecule has 0 saturated heterocycles. The van der Waals surface area contributed by atoms with Crippen molar-refractivity contribution >= 4 is 5.90 Å². The lowest BCUT2D eigenvalue weighted by Crippen LogP contribution is -2.07. The Labute approximate surface area is 170 Å². The average molecular weight is 403 g/mol. The van der Waals surface area contributed by atoms with Gasteiger partial charge in [-0.2, -0.15) is 0 Å². The molecule has 0 bridgehead atoms. The molecule has 2 aromatic carbocycles. The van der Waals surface area contributed by atoms with E-state index >= 15 is 0 Å². The molecule has 1 unspecified atom stereocenters. The van der Waals surface area contributed by atoms with Crippen molar-refractivity contribution in [3.63, 3.8) is 0 Å². The monoisotopic (exact) mass is 403 g/mol. The van der Waals surface area contributed by atoms with Crippen LogP contribution in [0.4, 0.5) is 13.2 Å². The van der Waals surface area contributed by atoms with Crippen LogP contribution in [-0.4, -0.2) is 12.5 Å². The predicted octanol–water partition coefficient (Wildman–Crippen LogP) is 6.92. The van der Waals surface area contributed by atoms with E-state index in [4.69, 9.17) is 4.74 Å². The Morgan fingerprint density at radius 3 is 2.28 bits per heavy atom. The molecule has 5 heteroatoms. The third-order valence-corrected chi connectivity index (χ3v) is 5.32. The van der Waals surface area contributed by atoms with Gasteiger partial charge in [-0.25, -0.2) is 18.2 Å². The Bertz CT molecular complexity index is 830. The highest BCUT2D eigenvalue weighted by Crippen LogP contribution is 2.29. The van der Waals surface area contributed by atoms with Gasteiger partial charge in [-0.3, -0.25) is 0 Å². The van der Waals surface area contributed by atoms with Crippen LogP contribution in [0.5, 0.6) is 0 Å². The van der Waals surface area contributed by atoms with E-state index in [-0.39, 0.29) is 23.9 Å². The van der Waals surface area contributed by atoms with Gasteiger partial charge in [0.25, 0.3) is 0 Å². The van der Waals surface area contributed by atoms with Gasteiger partial charge >= 0.3 is 0 Å². The van der Waals surface area contributed by atoms with Crippen LogP contribution in [0.3, 0.4) is 0 Å². The largest absolute Gasteiger partial charge is 0.475 e. The van der Waals surface area contributed by atoms with Crippen molar-refractivity contribution in [3.8, 4) is 0 Å². The van der Waals surface area contributed by atoms with Crippen LogP contribution in [0.25, 0.3) is 0 Å². The second-order valence-corrected chi connectivity index (χ2v) is 7.58. The average Bonchev–Trinajstić information content (AvgIpc) is 3.16. The van der Waals surface area contributed by atoms with Gasteiger partial charge < -0.3 is 4.74 Å². The quantitative estimate of drug-likeness (QED) is 0.395. The summed E-state index contributed by atoms with van der Waals surface area (Å²) in [6.45, 7) is 2.28. The van der Waals surface area contributed by atoms with Crippen LogP contribution >= 0.6 is 0 Å². The fourth-order valence-corrected chi connectivity index (χ4v) is 3.65. The summed E-state index contributed by atoms with van der Waals surface area (Å²) in [5, 5.41) is 0. The maximum Gasteiger partial charge on any atom is 0.222 e. The first-order chi connectivity index (χ1) is 14.1. The van der Waals surface area contributed by atoms with E-state index in [1.165, 1.54) is 38.2 Å². The molecule has 29 heavy (non-hydrogen) atoms. The van der Waals surface area contributed by atoms with Gasteiger partial charge in [0.2, 0.25) is 5.90 Å². The number of hydrogen-bond donors (Lipinski definition) is 0. The van der Waals surface area contributed by atoms with Gasteiger partial charge in [-0.05, 0) is 36.6 Å². The summed E-state index contributed by atoms with van der Waals surface area (Å²) in [5.41, 5.74) is 1.05. The summed E-state index contributed by atoms with van der Waals surface area (Å²) in [4.78, 5) is 4.23. The third kappa shape index (κ3) is 5.62. The molecule has 0 aromatic heterocycles. The lowest BCUT2D eigenvalue weighted by atomic mass is 10.0. The van der Waals surface area contributed by atoms with Crippen molar-refractivity contribution < 1.29 is 17.9 Å². The maximum atomic E-state index is 14.6. The van der Waals surface area contributed by atoms with E-state index in [1.807, 2.05) is 6.07 Å². The smallest absolute Gasteiger partial charge is 0.222 e. The number of halogens is 3. The first kappa shape index (κ1) is 21.4. The second-order valence-electron chi connectivity index (χ2n) is 7.58. The number of aryl methyl sites for hydroxylation is 1. The Hall–Kier alpha value is -2.30. The summed E-state index contributed by atoms with van der Waals surface area (Å²) in [5.74, 6) is -1.94. The van der Waals surface area contributed by atoms with Gasteiger partial charge in [0.05, 0.1) is 0 Å². The van der Waals surface area contributed by atoms with Gasteiger partial charge in [0, 0.05) is 5.56 Å². The van der Waals surface area contributed by atoms with E-state index in [0.29, 0.717) is 5.56 Å². The first-order valence-electron chi connectivity index (χ1n) is 10.5. The lowest BCUT2D eigenvalue weighted by Gasteiger charge is -2.09. The molecule has 0 fully saturated rings. The maximum absolute atomic E-state index is 14.6. The number of ether oxygens (including phenoxy) is 1. The Kier molecular flexibility index (Phi) is 7.73. The standard InChI is InChI=1S/C24H28F3NO/c1-2-3-4-5-6-7-8-10-17-13-14-18(21(27)15-17)22-16-29-24(28-22)23-19(25)11-9-12-20(23)26/h9,11-15,22H,2-8,10,16H2,1H3. The van der Waals surface area contributed by atoms with Gasteiger partial charge in [0.1, 0.15) is 35.7 Å². The van der Waals surface area contributed by atoms with Crippen molar-refractivity contribution in [1.82, 2.24) is 0 Å². The zero-order chi connectivity index (χ0) is 20.6. The second kappa shape index (κ2) is 10.5. The van der Waals surface area contributed by atoms with E-state index in [0.717, 1.165) is 37.0 Å². The molecule has 3 rings (SSSR count). The SMILES string of the molecule is CCCCCCCCCc1ccc(C2COC(c3c(F)cccc3F)=N2)c(F)c1. The van der Waals surface area contributed by atoms with E-state index in [9.17, 15) is 13.2 Å². The summed E-state index contributed by atoms with van der Waals surface area (Å²) in [6.07, 6.45) is 9.39. The third-order valence-electron chi connectivity index (χ3n) is 5.32. The minimum atomic E-state index is -0.741. The molecule has 0 aliphatic carbocycles. The molecule has 0 spiro atoms. The fourth-order valence-electron chi connectivity index (χ4n) is 3.65. The van der Waals surface area contributed by atoms with Crippen molar-refractivity contribution in [3.05, 3.63) is 70.5 Å². The fraction of sp³-hybridized carbons (Fsp3) is 0.458. The molecule has 1 atom stereocenters. The van der Waals surface area contributed by atoms with Crippen LogP contribution in [0.1, 0.15) is 74.6 Å². The molecule has 0 N–H and O–H groups in total. The van der Waals surface area contributed by atoms with Crippen LogP contribution in [0.2, 0.25) is 0 Å². The predicted molar refractivity (Wildman–Crippen MR) is 110 cm³/mol. The van der Waals surface area contributed by atoms with E-state index in [2.05, 4.69) is 11.9 Å². The van der Waals surface area contributed by atoms with Crippen molar-refractivity contribution in [2.45, 2.75) is 64.3 Å². The van der Waals surface area contributed by atoms with Crippen molar-refractivity contribution in [2.75, 3.05) is 6.61 Å². The normalized spacial score (nSPS) is 16.0. The topological polar surface area (TPSA) is 21.6 Å². The molecule has 0 amide bonds. The summed E-state index contributed by atoms with van der Waals surface area (Å²) in [6, 6.07) is 8.15. The highest BCUT2D eigenvalue weighted by atomic mass is 19.1. The summed E-state index contributed by atoms with van der Waals surface area (Å²) < 4.78 is 47.9. The van der Waals surface area contributed by atoms with Crippen LogP contribution < -0.4 is 0 Å². The minimum Gasteiger partial charge on any atom is -0.475 e. The minimum absolute atomic E-state index is 0.0666. The number of unbranched alkanes of at least 4 members (excludes halogenated alkanes) is 6. The Morgan fingerprint density at radius 2 is 1.59 bits per heavy atom. The zero-order valence-corrected chi connectivity index (χ0v) is 16.9. The summed E-state index contributed by atoms with van der Waals surface area (Å²) in [7, 11) is 0. The number of rotatable bonds is 10. The number of nitrogens with zero attached hydrogens (tertiary/aromatic N) is 1.